The average molecular weight is 143 g/mol. The van der Waals surface area contributed by atoms with Crippen molar-refractivity contribution >= 4 is 17.9 Å². The van der Waals surface area contributed by atoms with Crippen molar-refractivity contribution < 1.29 is 9.90 Å². The van der Waals surface area contributed by atoms with Crippen LogP contribution in [0.25, 0.3) is 0 Å². The summed E-state index contributed by atoms with van der Waals surface area (Å²) in [5, 5.41) is 9.92. The van der Waals surface area contributed by atoms with Crippen LogP contribution in [0, 0.1) is 0 Å². The fraction of sp³-hybridized carbons (Fsp3) is 0. The minimum Gasteiger partial charge on any atom is -0.478 e. The molecule has 0 unspecified atom stereocenters. The molecule has 0 aromatic carbocycles. The minimum absolute atomic E-state index is 0.318. The normalized spacial score (nSPS) is 16.2. The Kier molecular flexibility index (Phi) is 1.79. The van der Waals surface area contributed by atoms with Gasteiger partial charge in [-0.2, -0.15) is 0 Å². The van der Waals surface area contributed by atoms with E-state index in [1.165, 1.54) is 18.0 Å². The zero-order valence-corrected chi connectivity index (χ0v) is 5.31. The third-order valence-corrected chi connectivity index (χ3v) is 1.48. The van der Waals surface area contributed by atoms with Gasteiger partial charge in [0.1, 0.15) is 0 Å². The van der Waals surface area contributed by atoms with Crippen molar-refractivity contribution in [3.05, 3.63) is 23.3 Å². The summed E-state index contributed by atoms with van der Waals surface area (Å²) >= 11 is 1.25. The second-order valence-corrected chi connectivity index (χ2v) is 2.15. The van der Waals surface area contributed by atoms with Crippen molar-refractivity contribution in [3.8, 4) is 0 Å². The molecular formula is C5H5NO2S. The van der Waals surface area contributed by atoms with Crippen LogP contribution in [0.15, 0.2) is 23.3 Å². The third kappa shape index (κ3) is 1.50. The zero-order valence-electron chi connectivity index (χ0n) is 4.50. The lowest BCUT2D eigenvalue weighted by Crippen LogP contribution is -2.02. The van der Waals surface area contributed by atoms with Crippen molar-refractivity contribution in [3.63, 3.8) is 0 Å². The molecule has 9 heavy (non-hydrogen) atoms. The summed E-state index contributed by atoms with van der Waals surface area (Å²) in [6, 6.07) is 0. The molecule has 0 fully saturated rings. The fourth-order valence-electron chi connectivity index (χ4n) is 0.422. The van der Waals surface area contributed by atoms with Crippen LogP contribution in [0.2, 0.25) is 0 Å². The van der Waals surface area contributed by atoms with Crippen LogP contribution in [0.3, 0.4) is 0 Å². The quantitative estimate of drug-likeness (QED) is 0.531. The van der Waals surface area contributed by atoms with Gasteiger partial charge in [0.2, 0.25) is 0 Å². The van der Waals surface area contributed by atoms with Crippen LogP contribution in [-0.4, -0.2) is 11.1 Å². The molecule has 1 aliphatic rings. The van der Waals surface area contributed by atoms with E-state index >= 15 is 0 Å². The Hall–Kier alpha value is -0.900. The van der Waals surface area contributed by atoms with E-state index < -0.39 is 5.97 Å². The maximum Gasteiger partial charge on any atom is 0.336 e. The van der Waals surface area contributed by atoms with E-state index in [2.05, 4.69) is 4.72 Å². The number of hydrogen-bond acceptors (Lipinski definition) is 3. The Bertz CT molecular complexity index is 185. The molecule has 1 heterocycles. The summed E-state index contributed by atoms with van der Waals surface area (Å²) in [6.45, 7) is 0. The van der Waals surface area contributed by atoms with E-state index in [1.807, 2.05) is 0 Å². The predicted octanol–water partition coefficient (Wildman–Crippen LogP) is 0.720. The van der Waals surface area contributed by atoms with Gasteiger partial charge in [0.15, 0.2) is 0 Å². The molecule has 1 aliphatic heterocycles. The molecule has 4 heteroatoms. The summed E-state index contributed by atoms with van der Waals surface area (Å²) in [5.74, 6) is -0.889. The highest BCUT2D eigenvalue weighted by molar-refractivity contribution is 8.00. The van der Waals surface area contributed by atoms with Crippen LogP contribution in [0.5, 0.6) is 0 Å². The third-order valence-electron chi connectivity index (χ3n) is 0.832. The second-order valence-electron chi connectivity index (χ2n) is 1.45. The standard InChI is InChI=1S/C5H5NO2S/c7-5(8)4-1-2-6-9-3-4/h1-3,6H,(H,7,8). The maximum atomic E-state index is 10.2. The summed E-state index contributed by atoms with van der Waals surface area (Å²) < 4.78 is 2.77. The second kappa shape index (κ2) is 2.59. The van der Waals surface area contributed by atoms with Gasteiger partial charge < -0.3 is 9.83 Å². The molecule has 0 amide bonds. The zero-order chi connectivity index (χ0) is 6.69. The number of hydrogen-bond donors (Lipinski definition) is 2. The first-order chi connectivity index (χ1) is 4.30. The van der Waals surface area contributed by atoms with E-state index in [4.69, 9.17) is 5.11 Å². The van der Waals surface area contributed by atoms with E-state index in [1.54, 1.807) is 11.6 Å². The van der Waals surface area contributed by atoms with Gasteiger partial charge in [-0.1, -0.05) is 0 Å². The van der Waals surface area contributed by atoms with Crippen molar-refractivity contribution in [2.45, 2.75) is 0 Å². The predicted molar refractivity (Wildman–Crippen MR) is 35.6 cm³/mol. The van der Waals surface area contributed by atoms with Crippen molar-refractivity contribution in [1.82, 2.24) is 4.72 Å². The molecule has 0 aromatic rings. The van der Waals surface area contributed by atoms with Crippen LogP contribution < -0.4 is 4.72 Å². The molecule has 1 rings (SSSR count). The van der Waals surface area contributed by atoms with Gasteiger partial charge in [-0.05, 0) is 18.0 Å². The van der Waals surface area contributed by atoms with E-state index in [0.717, 1.165) is 0 Å². The number of carboxylic acids is 1. The molecule has 2 N–H and O–H groups in total. The number of carbonyl (C=O) groups is 1. The van der Waals surface area contributed by atoms with Gasteiger partial charge in [-0.15, -0.1) is 0 Å². The summed E-state index contributed by atoms with van der Waals surface area (Å²) in [5.41, 5.74) is 0.318. The largest absolute Gasteiger partial charge is 0.478 e. The number of aliphatic carboxylic acids is 1. The lowest BCUT2D eigenvalue weighted by atomic mass is 10.3. The van der Waals surface area contributed by atoms with Gasteiger partial charge in [0, 0.05) is 11.6 Å². The van der Waals surface area contributed by atoms with Crippen molar-refractivity contribution in [2.24, 2.45) is 0 Å². The molecule has 0 aromatic heterocycles. The Balaban J connectivity index is 2.69. The summed E-state index contributed by atoms with van der Waals surface area (Å²) in [4.78, 5) is 10.2. The van der Waals surface area contributed by atoms with Crippen molar-refractivity contribution in [1.29, 1.82) is 0 Å². The molecule has 0 saturated heterocycles. The number of carboxylic acid groups (broad SMARTS) is 1. The van der Waals surface area contributed by atoms with Crippen LogP contribution in [0.4, 0.5) is 0 Å². The highest BCUT2D eigenvalue weighted by Gasteiger charge is 2.03. The summed E-state index contributed by atoms with van der Waals surface area (Å²) in [6.07, 6.45) is 3.10. The molecule has 48 valence electrons. The first-order valence-electron chi connectivity index (χ1n) is 2.32. The van der Waals surface area contributed by atoms with Gasteiger partial charge in [-0.3, -0.25) is 0 Å². The Morgan fingerprint density at radius 1 is 1.78 bits per heavy atom. The van der Waals surface area contributed by atoms with Crippen LogP contribution in [0.1, 0.15) is 0 Å². The molecule has 0 atom stereocenters. The minimum atomic E-state index is -0.889. The van der Waals surface area contributed by atoms with Crippen LogP contribution in [-0.2, 0) is 4.79 Å². The molecule has 0 aliphatic carbocycles. The first-order valence-corrected chi connectivity index (χ1v) is 3.20. The number of rotatable bonds is 1. The average Bonchev–Trinajstić information content (AvgIpc) is 1.90. The highest BCUT2D eigenvalue weighted by Crippen LogP contribution is 2.09. The first kappa shape index (κ1) is 6.22. The van der Waals surface area contributed by atoms with Gasteiger partial charge in [-0.25, -0.2) is 4.79 Å². The highest BCUT2D eigenvalue weighted by atomic mass is 32.2. The Labute approximate surface area is 56.6 Å². The van der Waals surface area contributed by atoms with E-state index in [-0.39, 0.29) is 0 Å². The van der Waals surface area contributed by atoms with Gasteiger partial charge in [0.05, 0.1) is 5.57 Å². The fourth-order valence-corrected chi connectivity index (χ4v) is 0.943. The molecule has 0 spiro atoms. The van der Waals surface area contributed by atoms with E-state index in [9.17, 15) is 4.79 Å². The number of nitrogens with one attached hydrogen (secondary N) is 1. The monoisotopic (exact) mass is 143 g/mol. The summed E-state index contributed by atoms with van der Waals surface area (Å²) in [7, 11) is 0. The molecule has 3 nitrogen and oxygen atoms in total. The molecule has 0 radical (unpaired) electrons. The molecule has 0 saturated carbocycles. The lowest BCUT2D eigenvalue weighted by molar-refractivity contribution is -0.132. The molecular weight excluding hydrogens is 138 g/mol. The van der Waals surface area contributed by atoms with Crippen LogP contribution >= 0.6 is 11.9 Å². The molecule has 0 bridgehead atoms. The Morgan fingerprint density at radius 3 is 2.89 bits per heavy atom. The van der Waals surface area contributed by atoms with Gasteiger partial charge >= 0.3 is 5.97 Å². The lowest BCUT2D eigenvalue weighted by Gasteiger charge is -2.00. The Morgan fingerprint density at radius 2 is 2.56 bits per heavy atom. The SMILES string of the molecule is O=C(O)C1=CSNC=C1. The van der Waals surface area contributed by atoms with E-state index in [0.29, 0.717) is 5.57 Å². The van der Waals surface area contributed by atoms with Crippen molar-refractivity contribution in [2.75, 3.05) is 0 Å². The topological polar surface area (TPSA) is 49.3 Å². The van der Waals surface area contributed by atoms with Gasteiger partial charge in [0.25, 0.3) is 0 Å². The maximum absolute atomic E-state index is 10.2. The smallest absolute Gasteiger partial charge is 0.336 e.